The minimum absolute atomic E-state index is 0.00868. The number of carbonyl (C=O) groups excluding carboxylic acids is 2. The SMILES string of the molecule is CC.CC(C)Oc1c(N2CCN(C(=O)C(=O)c3c[nH]c4cccc(F)c34)CC2)c(=O)c1=O. The molecular formula is C23H26FN3O5. The van der Waals surface area contributed by atoms with Gasteiger partial charge < -0.3 is 19.5 Å². The number of hydrogen-bond acceptors (Lipinski definition) is 6. The van der Waals surface area contributed by atoms with Crippen molar-refractivity contribution in [2.75, 3.05) is 31.1 Å². The molecule has 1 N–H and O–H groups in total. The maximum Gasteiger partial charge on any atom is 0.295 e. The van der Waals surface area contributed by atoms with Crippen LogP contribution in [0.3, 0.4) is 0 Å². The van der Waals surface area contributed by atoms with E-state index in [0.29, 0.717) is 5.52 Å². The topological polar surface area (TPSA) is 99.8 Å². The molecule has 0 saturated carbocycles. The van der Waals surface area contributed by atoms with Crippen molar-refractivity contribution in [3.05, 3.63) is 56.2 Å². The van der Waals surface area contributed by atoms with Crippen LogP contribution in [0.1, 0.15) is 38.1 Å². The van der Waals surface area contributed by atoms with Gasteiger partial charge in [0, 0.05) is 43.3 Å². The Labute approximate surface area is 184 Å². The van der Waals surface area contributed by atoms with Gasteiger partial charge >= 0.3 is 0 Å². The summed E-state index contributed by atoms with van der Waals surface area (Å²) >= 11 is 0. The summed E-state index contributed by atoms with van der Waals surface area (Å²) < 4.78 is 19.6. The van der Waals surface area contributed by atoms with Gasteiger partial charge in [0.05, 0.1) is 11.7 Å². The summed E-state index contributed by atoms with van der Waals surface area (Å²) in [5.41, 5.74) is -0.588. The first-order chi connectivity index (χ1) is 15.3. The predicted molar refractivity (Wildman–Crippen MR) is 120 cm³/mol. The van der Waals surface area contributed by atoms with Crippen molar-refractivity contribution in [3.63, 3.8) is 0 Å². The number of nitrogens with one attached hydrogen (secondary N) is 1. The molecule has 3 aromatic rings. The van der Waals surface area contributed by atoms with Gasteiger partial charge in [-0.25, -0.2) is 4.39 Å². The summed E-state index contributed by atoms with van der Waals surface area (Å²) in [6.45, 7) is 8.46. The van der Waals surface area contributed by atoms with Crippen LogP contribution in [0.15, 0.2) is 34.0 Å². The zero-order chi connectivity index (χ0) is 23.6. The second kappa shape index (κ2) is 9.33. The van der Waals surface area contributed by atoms with Gasteiger partial charge in [0.25, 0.3) is 22.5 Å². The number of H-pyrrole nitrogens is 1. The maximum atomic E-state index is 14.1. The highest BCUT2D eigenvalue weighted by Crippen LogP contribution is 2.26. The van der Waals surface area contributed by atoms with Gasteiger partial charge in [-0.3, -0.25) is 19.2 Å². The molecule has 0 aliphatic carbocycles. The lowest BCUT2D eigenvalue weighted by Gasteiger charge is -2.36. The van der Waals surface area contributed by atoms with Gasteiger partial charge in [-0.15, -0.1) is 0 Å². The van der Waals surface area contributed by atoms with Crippen LogP contribution in [-0.4, -0.2) is 53.9 Å². The first-order valence-corrected chi connectivity index (χ1v) is 10.6. The number of Topliss-reactive ketones (excluding diaryl/α,β-unsaturated/α-hetero) is 1. The Bertz CT molecular complexity index is 1210. The number of nitrogens with zero attached hydrogens (tertiary/aromatic N) is 2. The highest BCUT2D eigenvalue weighted by atomic mass is 19.1. The van der Waals surface area contributed by atoms with Crippen molar-refractivity contribution < 1.29 is 18.7 Å². The molecule has 0 radical (unpaired) electrons. The average molecular weight is 443 g/mol. The Morgan fingerprint density at radius 2 is 1.72 bits per heavy atom. The summed E-state index contributed by atoms with van der Waals surface area (Å²) in [5, 5.41) is 0.0914. The highest BCUT2D eigenvalue weighted by Gasteiger charge is 2.33. The fourth-order valence-electron chi connectivity index (χ4n) is 3.70. The molecule has 1 aliphatic heterocycles. The van der Waals surface area contributed by atoms with E-state index in [4.69, 9.17) is 4.74 Å². The number of carbonyl (C=O) groups is 2. The lowest BCUT2D eigenvalue weighted by Crippen LogP contribution is -2.53. The van der Waals surface area contributed by atoms with E-state index in [1.54, 1.807) is 24.8 Å². The zero-order valence-corrected chi connectivity index (χ0v) is 18.5. The molecule has 0 spiro atoms. The van der Waals surface area contributed by atoms with Crippen molar-refractivity contribution in [2.45, 2.75) is 33.8 Å². The number of halogens is 1. The van der Waals surface area contributed by atoms with E-state index in [1.807, 2.05) is 13.8 Å². The monoisotopic (exact) mass is 443 g/mol. The number of ether oxygens (including phenoxy) is 1. The molecule has 8 nitrogen and oxygen atoms in total. The van der Waals surface area contributed by atoms with Crippen molar-refractivity contribution in [2.24, 2.45) is 0 Å². The fourth-order valence-corrected chi connectivity index (χ4v) is 3.70. The minimum Gasteiger partial charge on any atom is -0.485 e. The van der Waals surface area contributed by atoms with Gasteiger partial charge in [0.2, 0.25) is 0 Å². The molecule has 1 aliphatic rings. The van der Waals surface area contributed by atoms with E-state index in [-0.39, 0.29) is 54.7 Å². The van der Waals surface area contributed by atoms with Gasteiger partial charge in [-0.1, -0.05) is 19.9 Å². The molecule has 1 saturated heterocycles. The molecular weight excluding hydrogens is 417 g/mol. The Balaban J connectivity index is 0.00000141. The first-order valence-electron chi connectivity index (χ1n) is 10.6. The third-order valence-corrected chi connectivity index (χ3v) is 5.17. The zero-order valence-electron chi connectivity index (χ0n) is 18.5. The van der Waals surface area contributed by atoms with Crippen molar-refractivity contribution in [3.8, 4) is 5.75 Å². The number of piperazine rings is 1. The van der Waals surface area contributed by atoms with E-state index in [9.17, 15) is 23.6 Å². The Hall–Kier alpha value is -3.49. The summed E-state index contributed by atoms with van der Waals surface area (Å²) in [6, 6.07) is 4.37. The molecule has 32 heavy (non-hydrogen) atoms. The second-order valence-corrected chi connectivity index (χ2v) is 7.48. The van der Waals surface area contributed by atoms with Crippen LogP contribution in [-0.2, 0) is 4.79 Å². The first kappa shape index (κ1) is 23.2. The van der Waals surface area contributed by atoms with E-state index >= 15 is 0 Å². The number of aromatic nitrogens is 1. The molecule has 0 bridgehead atoms. The van der Waals surface area contributed by atoms with Crippen LogP contribution in [0.25, 0.3) is 10.9 Å². The molecule has 1 amide bonds. The Morgan fingerprint density at radius 1 is 1.06 bits per heavy atom. The fraction of sp³-hybridized carbons (Fsp3) is 0.391. The third kappa shape index (κ3) is 4.02. The number of ketones is 1. The van der Waals surface area contributed by atoms with Gasteiger partial charge in [0.1, 0.15) is 11.5 Å². The molecule has 2 heterocycles. The number of benzene rings is 1. The quantitative estimate of drug-likeness (QED) is 0.480. The lowest BCUT2D eigenvalue weighted by molar-refractivity contribution is -0.126. The van der Waals surface area contributed by atoms with Gasteiger partial charge in [0.15, 0.2) is 5.75 Å². The summed E-state index contributed by atoms with van der Waals surface area (Å²) in [5.74, 6) is -2.05. The molecule has 2 aromatic carbocycles. The van der Waals surface area contributed by atoms with Crippen LogP contribution in [0, 0.1) is 5.82 Å². The summed E-state index contributed by atoms with van der Waals surface area (Å²) in [6.07, 6.45) is 1.09. The van der Waals surface area contributed by atoms with Crippen molar-refractivity contribution in [1.29, 1.82) is 0 Å². The Kier molecular flexibility index (Phi) is 6.76. The van der Waals surface area contributed by atoms with Crippen LogP contribution in [0.4, 0.5) is 10.1 Å². The number of hydrogen-bond donors (Lipinski definition) is 1. The van der Waals surface area contributed by atoms with E-state index < -0.39 is 28.4 Å². The largest absolute Gasteiger partial charge is 0.485 e. The third-order valence-electron chi connectivity index (χ3n) is 5.17. The molecule has 1 fully saturated rings. The normalized spacial score (nSPS) is 13.9. The molecule has 170 valence electrons. The predicted octanol–water partition coefficient (Wildman–Crippen LogP) is 2.25. The standard InChI is InChI=1S/C21H20FN3O5.C2H6/c1-11(2)30-20-16(18(27)19(20)28)24-6-8-25(9-7-24)21(29)17(26)12-10-23-14-5-3-4-13(22)15(12)14;1-2/h3-5,10-11,23H,6-9H2,1-2H3;1-2H3. The van der Waals surface area contributed by atoms with Crippen LogP contribution < -0.4 is 20.5 Å². The van der Waals surface area contributed by atoms with Crippen molar-refractivity contribution >= 4 is 28.3 Å². The molecule has 0 unspecified atom stereocenters. The molecule has 0 atom stereocenters. The van der Waals surface area contributed by atoms with Gasteiger partial charge in [-0.2, -0.15) is 0 Å². The van der Waals surface area contributed by atoms with E-state index in [2.05, 4.69) is 4.98 Å². The van der Waals surface area contributed by atoms with Gasteiger partial charge in [-0.05, 0) is 26.0 Å². The average Bonchev–Trinajstić information content (AvgIpc) is 3.24. The number of fused-ring (bicyclic) bond motifs is 1. The maximum absolute atomic E-state index is 14.1. The van der Waals surface area contributed by atoms with Crippen molar-refractivity contribution in [1.82, 2.24) is 9.88 Å². The number of anilines is 1. The number of aromatic amines is 1. The van der Waals surface area contributed by atoms with E-state index in [1.165, 1.54) is 23.2 Å². The summed E-state index contributed by atoms with van der Waals surface area (Å²) in [4.78, 5) is 55.0. The molecule has 4 rings (SSSR count). The molecule has 1 aromatic heterocycles. The minimum atomic E-state index is -0.794. The van der Waals surface area contributed by atoms with Crippen LogP contribution in [0.2, 0.25) is 0 Å². The van der Waals surface area contributed by atoms with E-state index in [0.717, 1.165) is 0 Å². The smallest absolute Gasteiger partial charge is 0.295 e. The second-order valence-electron chi connectivity index (χ2n) is 7.48. The number of amides is 1. The Morgan fingerprint density at radius 3 is 2.34 bits per heavy atom. The molecule has 9 heteroatoms. The summed E-state index contributed by atoms with van der Waals surface area (Å²) in [7, 11) is 0. The van der Waals surface area contributed by atoms with Crippen LogP contribution >= 0.6 is 0 Å². The lowest BCUT2D eigenvalue weighted by atomic mass is 10.1. The highest BCUT2D eigenvalue weighted by molar-refractivity contribution is 6.44. The van der Waals surface area contributed by atoms with Crippen LogP contribution in [0.5, 0.6) is 5.75 Å². The number of rotatable bonds is 5.